The van der Waals surface area contributed by atoms with Gasteiger partial charge >= 0.3 is 12.4 Å². The summed E-state index contributed by atoms with van der Waals surface area (Å²) in [6.45, 7) is -2.65. The van der Waals surface area contributed by atoms with Crippen molar-refractivity contribution in [1.82, 2.24) is 0 Å². The third-order valence-electron chi connectivity index (χ3n) is 4.23. The van der Waals surface area contributed by atoms with E-state index in [4.69, 9.17) is 18.9 Å². The van der Waals surface area contributed by atoms with E-state index in [1.54, 1.807) is 0 Å². The fraction of sp³-hybridized carbons (Fsp3) is 1.00. The molecule has 0 atom stereocenters. The Hall–Kier alpha value is -0.580. The minimum Gasteiger partial charge on any atom is -0.371 e. The number of alkyl halides is 6. The zero-order valence-electron chi connectivity index (χ0n) is 13.0. The second-order valence-electron chi connectivity index (χ2n) is 6.32. The monoisotopic (exact) mass is 366 g/mol. The molecule has 1 aliphatic carbocycles. The average Bonchev–Trinajstić information content (AvgIpc) is 2.88. The molecule has 4 nitrogen and oxygen atoms in total. The summed E-state index contributed by atoms with van der Waals surface area (Å²) in [6, 6.07) is 0. The van der Waals surface area contributed by atoms with Crippen LogP contribution in [0.3, 0.4) is 0 Å². The van der Waals surface area contributed by atoms with Crippen LogP contribution in [0.1, 0.15) is 25.7 Å². The van der Waals surface area contributed by atoms with E-state index in [0.717, 1.165) is 0 Å². The van der Waals surface area contributed by atoms with Crippen molar-refractivity contribution in [2.45, 2.75) is 43.8 Å². The molecule has 0 amide bonds. The zero-order chi connectivity index (χ0) is 17.9. The van der Waals surface area contributed by atoms with E-state index in [1.807, 2.05) is 0 Å². The molecular formula is C14H20F6O4. The summed E-state index contributed by atoms with van der Waals surface area (Å²) in [5.74, 6) is -0.766. The summed E-state index contributed by atoms with van der Waals surface area (Å²) in [7, 11) is 0. The predicted octanol–water partition coefficient (Wildman–Crippen LogP) is 3.45. The first kappa shape index (κ1) is 19.7. The topological polar surface area (TPSA) is 36.9 Å². The normalized spacial score (nSPS) is 23.8. The highest BCUT2D eigenvalue weighted by Gasteiger charge is 2.47. The lowest BCUT2D eigenvalue weighted by molar-refractivity contribution is -0.222. The van der Waals surface area contributed by atoms with Gasteiger partial charge < -0.3 is 18.9 Å². The average molecular weight is 366 g/mol. The second-order valence-corrected chi connectivity index (χ2v) is 6.32. The Balaban J connectivity index is 1.91. The van der Waals surface area contributed by atoms with Gasteiger partial charge in [0.25, 0.3) is 0 Å². The quantitative estimate of drug-likeness (QED) is 0.675. The van der Waals surface area contributed by atoms with Crippen molar-refractivity contribution in [1.29, 1.82) is 0 Å². The Morgan fingerprint density at radius 2 is 1.12 bits per heavy atom. The molecule has 1 spiro atoms. The van der Waals surface area contributed by atoms with Crippen LogP contribution in [0.5, 0.6) is 0 Å². The molecule has 0 aromatic carbocycles. The molecular weight excluding hydrogens is 346 g/mol. The van der Waals surface area contributed by atoms with E-state index in [0.29, 0.717) is 38.9 Å². The third kappa shape index (κ3) is 6.05. The van der Waals surface area contributed by atoms with Crippen molar-refractivity contribution in [3.63, 3.8) is 0 Å². The van der Waals surface area contributed by atoms with Crippen LogP contribution < -0.4 is 0 Å². The molecule has 0 aromatic heterocycles. The Morgan fingerprint density at radius 1 is 0.708 bits per heavy atom. The van der Waals surface area contributed by atoms with E-state index in [9.17, 15) is 26.3 Å². The molecule has 2 rings (SSSR count). The standard InChI is InChI=1S/C14H20F6O4/c15-13(16,17)9-21-7-11(8-22-10-14(18,19)20)1-3-12(4-2-11)23-5-6-24-12/h1-10H2. The van der Waals surface area contributed by atoms with Crippen molar-refractivity contribution >= 4 is 0 Å². The number of rotatable bonds is 6. The van der Waals surface area contributed by atoms with Crippen molar-refractivity contribution in [3.8, 4) is 0 Å². The predicted molar refractivity (Wildman–Crippen MR) is 69.3 cm³/mol. The Labute approximate surface area is 135 Å². The lowest BCUT2D eigenvalue weighted by Crippen LogP contribution is -2.45. The first-order valence-corrected chi connectivity index (χ1v) is 7.60. The number of hydrogen-bond acceptors (Lipinski definition) is 4. The van der Waals surface area contributed by atoms with Gasteiger partial charge in [0.05, 0.1) is 26.4 Å². The molecule has 0 radical (unpaired) electrons. The van der Waals surface area contributed by atoms with Gasteiger partial charge in [0.2, 0.25) is 0 Å². The molecule has 2 aliphatic rings. The number of halogens is 6. The maximum Gasteiger partial charge on any atom is 0.411 e. The van der Waals surface area contributed by atoms with Gasteiger partial charge in [-0.2, -0.15) is 26.3 Å². The first-order valence-electron chi connectivity index (χ1n) is 7.60. The molecule has 1 aliphatic heterocycles. The minimum absolute atomic E-state index is 0.308. The van der Waals surface area contributed by atoms with Gasteiger partial charge in [-0.25, -0.2) is 0 Å². The molecule has 0 unspecified atom stereocenters. The lowest BCUT2D eigenvalue weighted by Gasteiger charge is -2.43. The molecule has 2 fully saturated rings. The fourth-order valence-corrected chi connectivity index (χ4v) is 3.04. The van der Waals surface area contributed by atoms with E-state index in [1.165, 1.54) is 0 Å². The van der Waals surface area contributed by atoms with Crippen molar-refractivity contribution in [2.24, 2.45) is 5.41 Å². The second kappa shape index (κ2) is 7.35. The van der Waals surface area contributed by atoms with Crippen LogP contribution in [-0.2, 0) is 18.9 Å². The molecule has 24 heavy (non-hydrogen) atoms. The van der Waals surface area contributed by atoms with Crippen molar-refractivity contribution in [3.05, 3.63) is 0 Å². The highest BCUT2D eigenvalue weighted by atomic mass is 19.4. The van der Waals surface area contributed by atoms with Crippen LogP contribution in [0.4, 0.5) is 26.3 Å². The molecule has 1 heterocycles. The molecule has 1 saturated carbocycles. The fourth-order valence-electron chi connectivity index (χ4n) is 3.04. The Bertz CT molecular complexity index is 371. The van der Waals surface area contributed by atoms with Gasteiger partial charge in [-0.15, -0.1) is 0 Å². The molecule has 0 aromatic rings. The van der Waals surface area contributed by atoms with E-state index < -0.39 is 36.8 Å². The van der Waals surface area contributed by atoms with Crippen LogP contribution in [0.15, 0.2) is 0 Å². The van der Waals surface area contributed by atoms with Gasteiger partial charge in [0, 0.05) is 18.3 Å². The molecule has 0 bridgehead atoms. The van der Waals surface area contributed by atoms with Crippen LogP contribution >= 0.6 is 0 Å². The highest BCUT2D eigenvalue weighted by molar-refractivity contribution is 4.91. The van der Waals surface area contributed by atoms with Crippen LogP contribution in [0.25, 0.3) is 0 Å². The third-order valence-corrected chi connectivity index (χ3v) is 4.23. The Morgan fingerprint density at radius 3 is 1.50 bits per heavy atom. The zero-order valence-corrected chi connectivity index (χ0v) is 13.0. The van der Waals surface area contributed by atoms with Crippen molar-refractivity contribution in [2.75, 3.05) is 39.6 Å². The van der Waals surface area contributed by atoms with Gasteiger partial charge in [-0.05, 0) is 12.8 Å². The summed E-state index contributed by atoms with van der Waals surface area (Å²) >= 11 is 0. The maximum absolute atomic E-state index is 12.2. The molecule has 10 heteroatoms. The highest BCUT2D eigenvalue weighted by Crippen LogP contribution is 2.45. The summed E-state index contributed by atoms with van der Waals surface area (Å²) in [6.07, 6.45) is -7.58. The smallest absolute Gasteiger partial charge is 0.371 e. The molecule has 142 valence electrons. The number of hydrogen-bond donors (Lipinski definition) is 0. The van der Waals surface area contributed by atoms with E-state index in [-0.39, 0.29) is 13.2 Å². The number of ether oxygens (including phenoxy) is 4. The van der Waals surface area contributed by atoms with Crippen LogP contribution in [0, 0.1) is 5.41 Å². The summed E-state index contributed by atoms with van der Waals surface area (Å²) in [5.41, 5.74) is -0.906. The Kier molecular flexibility index (Phi) is 6.04. The summed E-state index contributed by atoms with van der Waals surface area (Å²) in [5, 5.41) is 0. The maximum atomic E-state index is 12.2. The van der Waals surface area contributed by atoms with Crippen molar-refractivity contribution < 1.29 is 45.3 Å². The lowest BCUT2D eigenvalue weighted by atomic mass is 9.73. The summed E-state index contributed by atoms with van der Waals surface area (Å²) in [4.78, 5) is 0. The SMILES string of the molecule is FC(F)(F)COCC1(COCC(F)(F)F)CCC2(CC1)OCCO2. The van der Waals surface area contributed by atoms with E-state index in [2.05, 4.69) is 0 Å². The minimum atomic E-state index is -4.48. The van der Waals surface area contributed by atoms with Gasteiger partial charge in [-0.1, -0.05) is 0 Å². The van der Waals surface area contributed by atoms with Crippen LogP contribution in [0.2, 0.25) is 0 Å². The first-order chi connectivity index (χ1) is 11.0. The molecule has 0 N–H and O–H groups in total. The van der Waals surface area contributed by atoms with E-state index >= 15 is 0 Å². The van der Waals surface area contributed by atoms with Gasteiger partial charge in [-0.3, -0.25) is 0 Å². The largest absolute Gasteiger partial charge is 0.411 e. The molecule has 1 saturated heterocycles. The van der Waals surface area contributed by atoms with Gasteiger partial charge in [0.15, 0.2) is 5.79 Å². The van der Waals surface area contributed by atoms with Crippen LogP contribution in [-0.4, -0.2) is 57.8 Å². The van der Waals surface area contributed by atoms with Gasteiger partial charge in [0.1, 0.15) is 13.2 Å². The summed E-state index contributed by atoms with van der Waals surface area (Å²) < 4.78 is 93.9.